The minimum atomic E-state index is -1.11. The Morgan fingerprint density at radius 2 is 1.81 bits per heavy atom. The van der Waals surface area contributed by atoms with Crippen molar-refractivity contribution in [3.63, 3.8) is 0 Å². The van der Waals surface area contributed by atoms with Gasteiger partial charge in [0.05, 0.1) is 22.9 Å². The zero-order chi connectivity index (χ0) is 26.7. The molecule has 1 aromatic heterocycles. The van der Waals surface area contributed by atoms with E-state index in [0.29, 0.717) is 16.6 Å². The van der Waals surface area contributed by atoms with Crippen LogP contribution in [-0.4, -0.2) is 40.9 Å². The Labute approximate surface area is 218 Å². The number of para-hydroxylation sites is 1. The summed E-state index contributed by atoms with van der Waals surface area (Å²) in [7, 11) is 0. The average Bonchev–Trinajstić information content (AvgIpc) is 3.27. The maximum atomic E-state index is 13.4. The standard InChI is InChI=1S/C25H21F2N3O5S2/c1-12(28-20(31)8-13-6-15(26)10-16(27)7-13)23(32)30-21-22(19-9-14(11-36-19)25(34)35)37-18-5-3-2-4-17(18)29-24(21)33/h2-7,9-12,21-22H,8H2,1H3,(H,28,31)(H,29,33)(H,30,32)(H,34,35)/t12-,21-,22+/m0/s1. The molecule has 37 heavy (non-hydrogen) atoms. The summed E-state index contributed by atoms with van der Waals surface area (Å²) in [5.74, 6) is -4.56. The molecule has 3 atom stereocenters. The van der Waals surface area contributed by atoms with Gasteiger partial charge in [0.2, 0.25) is 17.7 Å². The Kier molecular flexibility index (Phi) is 7.89. The Hall–Kier alpha value is -3.77. The van der Waals surface area contributed by atoms with Crippen LogP contribution in [0.4, 0.5) is 14.5 Å². The van der Waals surface area contributed by atoms with Crippen LogP contribution in [0.15, 0.2) is 58.8 Å². The SMILES string of the molecule is C[C@H](NC(=O)Cc1cc(F)cc(F)c1)C(=O)N[C@@H]1C(=O)Nc2ccccc2S[C@@H]1c1cc(C(=O)O)cs1. The summed E-state index contributed by atoms with van der Waals surface area (Å²) in [4.78, 5) is 51.3. The fourth-order valence-electron chi connectivity index (χ4n) is 3.74. The summed E-state index contributed by atoms with van der Waals surface area (Å²) in [6.07, 6.45) is -0.350. The highest BCUT2D eigenvalue weighted by atomic mass is 32.2. The van der Waals surface area contributed by atoms with Crippen LogP contribution in [0.5, 0.6) is 0 Å². The van der Waals surface area contributed by atoms with E-state index in [0.717, 1.165) is 28.4 Å². The molecule has 2 aromatic carbocycles. The van der Waals surface area contributed by atoms with Crippen molar-refractivity contribution in [2.45, 2.75) is 35.6 Å². The molecule has 2 heterocycles. The van der Waals surface area contributed by atoms with Crippen LogP contribution >= 0.6 is 23.1 Å². The van der Waals surface area contributed by atoms with Crippen LogP contribution < -0.4 is 16.0 Å². The number of anilines is 1. The molecule has 0 spiro atoms. The second-order valence-electron chi connectivity index (χ2n) is 8.30. The van der Waals surface area contributed by atoms with E-state index in [2.05, 4.69) is 16.0 Å². The monoisotopic (exact) mass is 545 g/mol. The quantitative estimate of drug-likeness (QED) is 0.359. The molecule has 12 heteroatoms. The van der Waals surface area contributed by atoms with Gasteiger partial charge in [0, 0.05) is 21.2 Å². The van der Waals surface area contributed by atoms with Gasteiger partial charge in [0.15, 0.2) is 0 Å². The lowest BCUT2D eigenvalue weighted by Crippen LogP contribution is -2.52. The number of thiophene rings is 1. The third-order valence-corrected chi connectivity index (χ3v) is 8.04. The number of nitrogens with one attached hydrogen (secondary N) is 3. The van der Waals surface area contributed by atoms with Crippen LogP contribution in [0.2, 0.25) is 0 Å². The maximum absolute atomic E-state index is 13.4. The second-order valence-corrected chi connectivity index (χ2v) is 10.4. The van der Waals surface area contributed by atoms with Gasteiger partial charge < -0.3 is 21.1 Å². The minimum Gasteiger partial charge on any atom is -0.478 e. The number of fused-ring (bicyclic) bond motifs is 1. The number of carboxylic acids is 1. The molecule has 192 valence electrons. The highest BCUT2D eigenvalue weighted by Gasteiger charge is 2.37. The van der Waals surface area contributed by atoms with Gasteiger partial charge in [-0.15, -0.1) is 23.1 Å². The van der Waals surface area contributed by atoms with Crippen molar-refractivity contribution in [3.05, 3.63) is 81.5 Å². The van der Waals surface area contributed by atoms with Gasteiger partial charge in [-0.1, -0.05) is 12.1 Å². The lowest BCUT2D eigenvalue weighted by molar-refractivity contribution is -0.130. The van der Waals surface area contributed by atoms with E-state index in [9.17, 15) is 33.1 Å². The molecule has 3 amide bonds. The molecule has 0 fully saturated rings. The van der Waals surface area contributed by atoms with Gasteiger partial charge in [-0.25, -0.2) is 13.6 Å². The number of hydrogen-bond acceptors (Lipinski definition) is 6. The van der Waals surface area contributed by atoms with Crippen molar-refractivity contribution in [3.8, 4) is 0 Å². The molecule has 4 rings (SSSR count). The van der Waals surface area contributed by atoms with Gasteiger partial charge in [0.25, 0.3) is 0 Å². The smallest absolute Gasteiger partial charge is 0.336 e. The number of aromatic carboxylic acids is 1. The van der Waals surface area contributed by atoms with Crippen molar-refractivity contribution in [1.82, 2.24) is 10.6 Å². The van der Waals surface area contributed by atoms with Gasteiger partial charge in [-0.2, -0.15) is 0 Å². The molecule has 0 radical (unpaired) electrons. The van der Waals surface area contributed by atoms with Crippen molar-refractivity contribution < 1.29 is 33.1 Å². The Morgan fingerprint density at radius 1 is 1.11 bits per heavy atom. The first kappa shape index (κ1) is 26.3. The summed E-state index contributed by atoms with van der Waals surface area (Å²) in [5, 5.41) is 18.1. The summed E-state index contributed by atoms with van der Waals surface area (Å²) in [5.41, 5.74) is 0.725. The Balaban J connectivity index is 1.51. The third-order valence-electron chi connectivity index (χ3n) is 5.49. The van der Waals surface area contributed by atoms with Crippen LogP contribution in [0.3, 0.4) is 0 Å². The zero-order valence-electron chi connectivity index (χ0n) is 19.3. The lowest BCUT2D eigenvalue weighted by Gasteiger charge is -2.25. The van der Waals surface area contributed by atoms with E-state index in [1.165, 1.54) is 30.1 Å². The lowest BCUT2D eigenvalue weighted by atomic mass is 10.1. The van der Waals surface area contributed by atoms with E-state index in [-0.39, 0.29) is 17.5 Å². The number of carbonyl (C=O) groups excluding carboxylic acids is 3. The minimum absolute atomic E-state index is 0.0676. The Morgan fingerprint density at radius 3 is 2.49 bits per heavy atom. The van der Waals surface area contributed by atoms with E-state index in [1.807, 2.05) is 0 Å². The largest absolute Gasteiger partial charge is 0.478 e. The molecule has 0 unspecified atom stereocenters. The van der Waals surface area contributed by atoms with Crippen molar-refractivity contribution in [2.75, 3.05) is 5.32 Å². The van der Waals surface area contributed by atoms with Crippen LogP contribution in [0, 0.1) is 11.6 Å². The topological polar surface area (TPSA) is 125 Å². The van der Waals surface area contributed by atoms with Crippen molar-refractivity contribution in [2.24, 2.45) is 0 Å². The zero-order valence-corrected chi connectivity index (χ0v) is 20.9. The first-order chi connectivity index (χ1) is 17.6. The highest BCUT2D eigenvalue weighted by Crippen LogP contribution is 2.45. The number of carbonyl (C=O) groups is 4. The normalized spacial score (nSPS) is 17.6. The van der Waals surface area contributed by atoms with Gasteiger partial charge in [-0.05, 0) is 42.8 Å². The number of amides is 3. The number of rotatable bonds is 7. The number of halogens is 2. The van der Waals surface area contributed by atoms with Crippen LogP contribution in [0.25, 0.3) is 0 Å². The second kappa shape index (κ2) is 11.1. The fourth-order valence-corrected chi connectivity index (χ4v) is 6.13. The predicted octanol–water partition coefficient (Wildman–Crippen LogP) is 3.74. The molecule has 1 aliphatic heterocycles. The van der Waals surface area contributed by atoms with Gasteiger partial charge in [-0.3, -0.25) is 14.4 Å². The van der Waals surface area contributed by atoms with Crippen LogP contribution in [-0.2, 0) is 20.8 Å². The van der Waals surface area contributed by atoms with E-state index >= 15 is 0 Å². The predicted molar refractivity (Wildman–Crippen MR) is 135 cm³/mol. The van der Waals surface area contributed by atoms with E-state index in [1.54, 1.807) is 24.3 Å². The highest BCUT2D eigenvalue weighted by molar-refractivity contribution is 8.00. The van der Waals surface area contributed by atoms with Gasteiger partial charge in [0.1, 0.15) is 23.7 Å². The Bertz CT molecular complexity index is 1360. The molecule has 0 saturated heterocycles. The van der Waals surface area contributed by atoms with E-state index in [4.69, 9.17) is 0 Å². The number of hydrogen-bond donors (Lipinski definition) is 4. The molecule has 3 aromatic rings. The molecule has 4 N–H and O–H groups in total. The third kappa shape index (κ3) is 6.33. The number of carboxylic acid groups (broad SMARTS) is 1. The molecule has 8 nitrogen and oxygen atoms in total. The average molecular weight is 546 g/mol. The van der Waals surface area contributed by atoms with Crippen LogP contribution in [0.1, 0.15) is 33.0 Å². The van der Waals surface area contributed by atoms with Gasteiger partial charge >= 0.3 is 5.97 Å². The van der Waals surface area contributed by atoms with Crippen molar-refractivity contribution in [1.29, 1.82) is 0 Å². The summed E-state index contributed by atoms with van der Waals surface area (Å²) in [6.45, 7) is 1.42. The molecule has 1 aliphatic rings. The summed E-state index contributed by atoms with van der Waals surface area (Å²) >= 11 is 2.46. The molecule has 0 bridgehead atoms. The first-order valence-corrected chi connectivity index (χ1v) is 12.8. The summed E-state index contributed by atoms with van der Waals surface area (Å²) < 4.78 is 26.8. The first-order valence-electron chi connectivity index (χ1n) is 11.0. The van der Waals surface area contributed by atoms with E-state index < -0.39 is 52.7 Å². The van der Waals surface area contributed by atoms with Crippen molar-refractivity contribution >= 4 is 52.5 Å². The number of thioether (sulfide) groups is 1. The summed E-state index contributed by atoms with van der Waals surface area (Å²) in [6, 6.07) is 9.11. The maximum Gasteiger partial charge on any atom is 0.336 e. The molecule has 0 aliphatic carbocycles. The number of benzene rings is 2. The molecular formula is C25H21F2N3O5S2. The molecule has 0 saturated carbocycles. The fraction of sp³-hybridized carbons (Fsp3) is 0.200. The molecular weight excluding hydrogens is 524 g/mol.